The fourth-order valence-corrected chi connectivity index (χ4v) is 2.22. The van der Waals surface area contributed by atoms with Crippen LogP contribution in [-0.2, 0) is 0 Å². The number of carbonyl (C=O) groups excluding carboxylic acids is 1. The summed E-state index contributed by atoms with van der Waals surface area (Å²) in [7, 11) is 1.41. The van der Waals surface area contributed by atoms with Crippen LogP contribution < -0.4 is 4.74 Å². The van der Waals surface area contributed by atoms with Crippen LogP contribution in [0.2, 0.25) is 10.0 Å². The SMILES string of the molecule is COc1ccc(F)cc1C(=O)c1cc(Cl)cc(Cl)c1. The molecule has 2 rings (SSSR count). The Kier molecular flexibility index (Phi) is 4.08. The Morgan fingerprint density at radius 3 is 2.32 bits per heavy atom. The molecule has 0 fully saturated rings. The van der Waals surface area contributed by atoms with E-state index < -0.39 is 11.6 Å². The summed E-state index contributed by atoms with van der Waals surface area (Å²) >= 11 is 11.7. The van der Waals surface area contributed by atoms with E-state index in [1.54, 1.807) is 0 Å². The van der Waals surface area contributed by atoms with Crippen LogP contribution in [0, 0.1) is 5.82 Å². The van der Waals surface area contributed by atoms with Gasteiger partial charge in [-0.1, -0.05) is 23.2 Å². The third kappa shape index (κ3) is 3.06. The molecule has 0 spiro atoms. The molecular weight excluding hydrogens is 290 g/mol. The summed E-state index contributed by atoms with van der Waals surface area (Å²) < 4.78 is 18.3. The second-order valence-electron chi connectivity index (χ2n) is 3.83. The Balaban J connectivity index is 2.52. The van der Waals surface area contributed by atoms with E-state index in [2.05, 4.69) is 0 Å². The fraction of sp³-hybridized carbons (Fsp3) is 0.0714. The van der Waals surface area contributed by atoms with Gasteiger partial charge in [0.2, 0.25) is 0 Å². The van der Waals surface area contributed by atoms with E-state index in [0.717, 1.165) is 6.07 Å². The summed E-state index contributed by atoms with van der Waals surface area (Å²) in [6, 6.07) is 8.20. The molecular formula is C14H9Cl2FO2. The van der Waals surface area contributed by atoms with Gasteiger partial charge in [-0.25, -0.2) is 4.39 Å². The van der Waals surface area contributed by atoms with Gasteiger partial charge in [0.15, 0.2) is 5.78 Å². The number of ether oxygens (including phenoxy) is 1. The molecule has 0 bridgehead atoms. The van der Waals surface area contributed by atoms with Crippen molar-refractivity contribution >= 4 is 29.0 Å². The molecule has 0 N–H and O–H groups in total. The summed E-state index contributed by atoms with van der Waals surface area (Å²) in [6.07, 6.45) is 0. The number of hydrogen-bond donors (Lipinski definition) is 0. The van der Waals surface area contributed by atoms with E-state index in [1.165, 1.54) is 37.4 Å². The van der Waals surface area contributed by atoms with Gasteiger partial charge in [0.25, 0.3) is 0 Å². The first-order chi connectivity index (χ1) is 9.01. The monoisotopic (exact) mass is 298 g/mol. The van der Waals surface area contributed by atoms with Gasteiger partial charge in [-0.2, -0.15) is 0 Å². The van der Waals surface area contributed by atoms with Crippen LogP contribution in [0.1, 0.15) is 15.9 Å². The predicted molar refractivity (Wildman–Crippen MR) is 72.8 cm³/mol. The van der Waals surface area contributed by atoms with Gasteiger partial charge < -0.3 is 4.74 Å². The van der Waals surface area contributed by atoms with Crippen molar-refractivity contribution in [1.82, 2.24) is 0 Å². The predicted octanol–water partition coefficient (Wildman–Crippen LogP) is 4.37. The normalized spacial score (nSPS) is 10.3. The molecule has 0 aromatic heterocycles. The summed E-state index contributed by atoms with van der Waals surface area (Å²) in [5.41, 5.74) is 0.405. The number of ketones is 1. The largest absolute Gasteiger partial charge is 0.496 e. The molecule has 0 saturated carbocycles. The second kappa shape index (κ2) is 5.59. The zero-order chi connectivity index (χ0) is 14.0. The summed E-state index contributed by atoms with van der Waals surface area (Å²) in [5.74, 6) is -0.625. The highest BCUT2D eigenvalue weighted by Gasteiger charge is 2.16. The van der Waals surface area contributed by atoms with Gasteiger partial charge in [-0.05, 0) is 36.4 Å². The topological polar surface area (TPSA) is 26.3 Å². The van der Waals surface area contributed by atoms with E-state index in [9.17, 15) is 9.18 Å². The lowest BCUT2D eigenvalue weighted by atomic mass is 10.0. The van der Waals surface area contributed by atoms with Crippen LogP contribution in [-0.4, -0.2) is 12.9 Å². The van der Waals surface area contributed by atoms with Crippen molar-refractivity contribution in [3.63, 3.8) is 0 Å². The van der Waals surface area contributed by atoms with Crippen molar-refractivity contribution in [2.45, 2.75) is 0 Å². The van der Waals surface area contributed by atoms with Crippen molar-refractivity contribution in [2.75, 3.05) is 7.11 Å². The van der Waals surface area contributed by atoms with Crippen molar-refractivity contribution in [1.29, 1.82) is 0 Å². The average Bonchev–Trinajstić information content (AvgIpc) is 2.36. The molecule has 0 unspecified atom stereocenters. The molecule has 5 heteroatoms. The summed E-state index contributed by atoms with van der Waals surface area (Å²) in [4.78, 5) is 12.3. The first kappa shape index (κ1) is 13.8. The molecule has 0 saturated heterocycles. The molecule has 0 aliphatic carbocycles. The minimum Gasteiger partial charge on any atom is -0.496 e. The lowest BCUT2D eigenvalue weighted by Gasteiger charge is -2.08. The maximum atomic E-state index is 13.3. The lowest BCUT2D eigenvalue weighted by Crippen LogP contribution is -2.04. The lowest BCUT2D eigenvalue weighted by molar-refractivity contribution is 0.103. The number of hydrogen-bond acceptors (Lipinski definition) is 2. The molecule has 0 amide bonds. The summed E-state index contributed by atoms with van der Waals surface area (Å²) in [5, 5.41) is 0.678. The van der Waals surface area contributed by atoms with Crippen molar-refractivity contribution in [2.24, 2.45) is 0 Å². The van der Waals surface area contributed by atoms with Crippen molar-refractivity contribution in [3.05, 3.63) is 63.4 Å². The van der Waals surface area contributed by atoms with E-state index in [-0.39, 0.29) is 11.1 Å². The molecule has 2 aromatic carbocycles. The number of methoxy groups -OCH3 is 1. The molecule has 0 aliphatic rings. The van der Waals surface area contributed by atoms with Gasteiger partial charge in [-0.3, -0.25) is 4.79 Å². The number of halogens is 3. The van der Waals surface area contributed by atoms with Gasteiger partial charge in [0, 0.05) is 15.6 Å². The third-order valence-electron chi connectivity index (χ3n) is 2.53. The van der Waals surface area contributed by atoms with Crippen LogP contribution in [0.25, 0.3) is 0 Å². The van der Waals surface area contributed by atoms with Crippen LogP contribution in [0.5, 0.6) is 5.75 Å². The molecule has 0 atom stereocenters. The molecule has 98 valence electrons. The highest BCUT2D eigenvalue weighted by atomic mass is 35.5. The van der Waals surface area contributed by atoms with Gasteiger partial charge in [0.1, 0.15) is 11.6 Å². The average molecular weight is 299 g/mol. The zero-order valence-electron chi connectivity index (χ0n) is 9.91. The molecule has 0 radical (unpaired) electrons. The molecule has 2 aromatic rings. The number of carbonyl (C=O) groups is 1. The Labute approximate surface area is 119 Å². The third-order valence-corrected chi connectivity index (χ3v) is 2.97. The standard InChI is InChI=1S/C14H9Cl2FO2/c1-19-13-3-2-11(17)7-12(13)14(18)8-4-9(15)6-10(16)5-8/h2-7H,1H3. The van der Waals surface area contributed by atoms with Crippen LogP contribution in [0.4, 0.5) is 4.39 Å². The van der Waals surface area contributed by atoms with Crippen LogP contribution in [0.3, 0.4) is 0 Å². The second-order valence-corrected chi connectivity index (χ2v) is 4.70. The molecule has 0 aliphatic heterocycles. The highest BCUT2D eigenvalue weighted by molar-refractivity contribution is 6.35. The Bertz CT molecular complexity index is 621. The van der Waals surface area contributed by atoms with Gasteiger partial charge in [0.05, 0.1) is 12.7 Å². The minimum atomic E-state index is -0.516. The smallest absolute Gasteiger partial charge is 0.196 e. The molecule has 19 heavy (non-hydrogen) atoms. The molecule has 2 nitrogen and oxygen atoms in total. The van der Waals surface area contributed by atoms with Gasteiger partial charge >= 0.3 is 0 Å². The first-order valence-corrected chi connectivity index (χ1v) is 6.11. The van der Waals surface area contributed by atoms with E-state index >= 15 is 0 Å². The quantitative estimate of drug-likeness (QED) is 0.787. The maximum Gasteiger partial charge on any atom is 0.196 e. The Hall–Kier alpha value is -1.58. The first-order valence-electron chi connectivity index (χ1n) is 5.35. The fourth-order valence-electron chi connectivity index (χ4n) is 1.70. The van der Waals surface area contributed by atoms with Crippen molar-refractivity contribution < 1.29 is 13.9 Å². The van der Waals surface area contributed by atoms with E-state index in [4.69, 9.17) is 27.9 Å². The zero-order valence-corrected chi connectivity index (χ0v) is 11.4. The molecule has 0 heterocycles. The van der Waals surface area contributed by atoms with Crippen LogP contribution >= 0.6 is 23.2 Å². The summed E-state index contributed by atoms with van der Waals surface area (Å²) in [6.45, 7) is 0. The minimum absolute atomic E-state index is 0.126. The highest BCUT2D eigenvalue weighted by Crippen LogP contribution is 2.26. The maximum absolute atomic E-state index is 13.3. The Morgan fingerprint density at radius 2 is 1.74 bits per heavy atom. The van der Waals surface area contributed by atoms with Gasteiger partial charge in [-0.15, -0.1) is 0 Å². The van der Waals surface area contributed by atoms with E-state index in [1.807, 2.05) is 0 Å². The van der Waals surface area contributed by atoms with E-state index in [0.29, 0.717) is 15.8 Å². The number of benzene rings is 2. The van der Waals surface area contributed by atoms with Crippen LogP contribution in [0.15, 0.2) is 36.4 Å². The van der Waals surface area contributed by atoms with Crippen molar-refractivity contribution in [3.8, 4) is 5.75 Å². The number of rotatable bonds is 3. The Morgan fingerprint density at radius 1 is 1.11 bits per heavy atom.